The number of aryl methyl sites for hydroxylation is 1. The molecule has 4 heteroatoms. The lowest BCUT2D eigenvalue weighted by Gasteiger charge is -2.24. The van der Waals surface area contributed by atoms with E-state index in [-0.39, 0.29) is 5.91 Å². The Hall–Kier alpha value is -1.55. The summed E-state index contributed by atoms with van der Waals surface area (Å²) in [5.41, 5.74) is 7.77. The van der Waals surface area contributed by atoms with E-state index in [9.17, 15) is 4.79 Å². The standard InChI is InChI=1S/C15H24N2O2/c1-5-17(6-2)15(18)12(4)19-14-8-7-11(3)9-13(14)10-16/h7-9,12H,5-6,10,16H2,1-4H3. The average Bonchev–Trinajstić information content (AvgIpc) is 2.41. The molecule has 1 aromatic carbocycles. The topological polar surface area (TPSA) is 55.6 Å². The first-order valence-corrected chi connectivity index (χ1v) is 6.78. The van der Waals surface area contributed by atoms with Crippen molar-refractivity contribution in [3.63, 3.8) is 0 Å². The molecule has 4 nitrogen and oxygen atoms in total. The number of hydrogen-bond acceptors (Lipinski definition) is 3. The maximum absolute atomic E-state index is 12.1. The predicted molar refractivity (Wildman–Crippen MR) is 77.1 cm³/mol. The van der Waals surface area contributed by atoms with E-state index in [1.165, 1.54) is 0 Å². The predicted octanol–water partition coefficient (Wildman–Crippen LogP) is 2.09. The molecule has 0 aromatic heterocycles. The van der Waals surface area contributed by atoms with Crippen molar-refractivity contribution in [2.24, 2.45) is 5.73 Å². The largest absolute Gasteiger partial charge is 0.481 e. The Balaban J connectivity index is 2.81. The first-order valence-electron chi connectivity index (χ1n) is 6.78. The fourth-order valence-electron chi connectivity index (χ4n) is 2.02. The highest BCUT2D eigenvalue weighted by molar-refractivity contribution is 5.80. The molecule has 0 radical (unpaired) electrons. The second-order valence-corrected chi connectivity index (χ2v) is 4.59. The van der Waals surface area contributed by atoms with E-state index in [0.717, 1.165) is 11.1 Å². The molecule has 1 amide bonds. The summed E-state index contributed by atoms with van der Waals surface area (Å²) in [5.74, 6) is 0.703. The summed E-state index contributed by atoms with van der Waals surface area (Å²) in [6.45, 7) is 9.51. The van der Waals surface area contributed by atoms with Crippen LogP contribution in [0.25, 0.3) is 0 Å². The maximum Gasteiger partial charge on any atom is 0.263 e. The summed E-state index contributed by atoms with van der Waals surface area (Å²) in [5, 5.41) is 0. The summed E-state index contributed by atoms with van der Waals surface area (Å²) in [6.07, 6.45) is -0.493. The summed E-state index contributed by atoms with van der Waals surface area (Å²) >= 11 is 0. The van der Waals surface area contributed by atoms with Gasteiger partial charge in [0.25, 0.3) is 5.91 Å². The van der Waals surface area contributed by atoms with E-state index in [4.69, 9.17) is 10.5 Å². The van der Waals surface area contributed by atoms with Crippen LogP contribution in [0.1, 0.15) is 31.9 Å². The summed E-state index contributed by atoms with van der Waals surface area (Å²) in [6, 6.07) is 5.83. The van der Waals surface area contributed by atoms with Gasteiger partial charge in [-0.05, 0) is 33.8 Å². The Kier molecular flexibility index (Phi) is 5.83. The molecule has 0 aliphatic carbocycles. The minimum Gasteiger partial charge on any atom is -0.481 e. The number of rotatable bonds is 6. The van der Waals surface area contributed by atoms with Gasteiger partial charge in [0.1, 0.15) is 5.75 Å². The van der Waals surface area contributed by atoms with Crippen molar-refractivity contribution in [2.75, 3.05) is 13.1 Å². The second-order valence-electron chi connectivity index (χ2n) is 4.59. The molecule has 0 spiro atoms. The van der Waals surface area contributed by atoms with E-state index < -0.39 is 6.10 Å². The van der Waals surface area contributed by atoms with Gasteiger partial charge < -0.3 is 15.4 Å². The van der Waals surface area contributed by atoms with Crippen LogP contribution in [-0.4, -0.2) is 30.0 Å². The quantitative estimate of drug-likeness (QED) is 0.856. The number of carbonyl (C=O) groups excluding carboxylic acids is 1. The van der Waals surface area contributed by atoms with E-state index in [1.54, 1.807) is 11.8 Å². The first kappa shape index (κ1) is 15.5. The van der Waals surface area contributed by atoms with E-state index in [1.807, 2.05) is 39.0 Å². The number of nitrogens with zero attached hydrogens (tertiary/aromatic N) is 1. The SMILES string of the molecule is CCN(CC)C(=O)C(C)Oc1ccc(C)cc1CN. The number of amides is 1. The molecule has 0 fully saturated rings. The van der Waals surface area contributed by atoms with Crippen molar-refractivity contribution in [1.29, 1.82) is 0 Å². The van der Waals surface area contributed by atoms with Crippen molar-refractivity contribution >= 4 is 5.91 Å². The summed E-state index contributed by atoms with van der Waals surface area (Å²) in [7, 11) is 0. The van der Waals surface area contributed by atoms with Gasteiger partial charge in [0.15, 0.2) is 6.10 Å². The van der Waals surface area contributed by atoms with Gasteiger partial charge in [-0.1, -0.05) is 17.7 Å². The highest BCUT2D eigenvalue weighted by Crippen LogP contribution is 2.21. The van der Waals surface area contributed by atoms with Crippen LogP contribution in [0.15, 0.2) is 18.2 Å². The lowest BCUT2D eigenvalue weighted by atomic mass is 10.1. The molecule has 2 N–H and O–H groups in total. The molecule has 0 saturated heterocycles. The van der Waals surface area contributed by atoms with Crippen LogP contribution in [0.3, 0.4) is 0 Å². The van der Waals surface area contributed by atoms with Gasteiger partial charge in [-0.25, -0.2) is 0 Å². The molecule has 0 heterocycles. The van der Waals surface area contributed by atoms with E-state index in [2.05, 4.69) is 0 Å². The number of likely N-dealkylation sites (N-methyl/N-ethyl adjacent to an activating group) is 1. The van der Waals surface area contributed by atoms with Crippen LogP contribution in [-0.2, 0) is 11.3 Å². The van der Waals surface area contributed by atoms with Gasteiger partial charge in [0, 0.05) is 25.2 Å². The van der Waals surface area contributed by atoms with Crippen molar-refractivity contribution in [1.82, 2.24) is 4.90 Å². The van der Waals surface area contributed by atoms with Crippen LogP contribution in [0, 0.1) is 6.92 Å². The third-order valence-electron chi connectivity index (χ3n) is 3.16. The number of ether oxygens (including phenoxy) is 1. The van der Waals surface area contributed by atoms with Gasteiger partial charge in [-0.3, -0.25) is 4.79 Å². The maximum atomic E-state index is 12.1. The Bertz CT molecular complexity index is 428. The Morgan fingerprint density at radius 1 is 1.37 bits per heavy atom. The van der Waals surface area contributed by atoms with Crippen LogP contribution < -0.4 is 10.5 Å². The fourth-order valence-corrected chi connectivity index (χ4v) is 2.02. The zero-order chi connectivity index (χ0) is 14.4. The number of benzene rings is 1. The van der Waals surface area contributed by atoms with Crippen LogP contribution >= 0.6 is 0 Å². The molecular formula is C15H24N2O2. The molecular weight excluding hydrogens is 240 g/mol. The van der Waals surface area contributed by atoms with E-state index >= 15 is 0 Å². The number of nitrogens with two attached hydrogens (primary N) is 1. The lowest BCUT2D eigenvalue weighted by Crippen LogP contribution is -2.40. The molecule has 0 aliphatic heterocycles. The average molecular weight is 264 g/mol. The molecule has 1 unspecified atom stereocenters. The minimum absolute atomic E-state index is 0.00791. The third-order valence-corrected chi connectivity index (χ3v) is 3.16. The monoisotopic (exact) mass is 264 g/mol. The van der Waals surface area contributed by atoms with E-state index in [0.29, 0.717) is 25.4 Å². The molecule has 106 valence electrons. The normalized spacial score (nSPS) is 12.1. The molecule has 1 aromatic rings. The second kappa shape index (κ2) is 7.14. The molecule has 19 heavy (non-hydrogen) atoms. The summed E-state index contributed by atoms with van der Waals surface area (Å²) in [4.78, 5) is 13.9. The molecule has 0 aliphatic rings. The van der Waals surface area contributed by atoms with Crippen LogP contribution in [0.5, 0.6) is 5.75 Å². The molecule has 1 rings (SSSR count). The smallest absolute Gasteiger partial charge is 0.263 e. The Morgan fingerprint density at radius 3 is 2.53 bits per heavy atom. The van der Waals surface area contributed by atoms with Gasteiger partial charge in [-0.15, -0.1) is 0 Å². The fraction of sp³-hybridized carbons (Fsp3) is 0.533. The highest BCUT2D eigenvalue weighted by Gasteiger charge is 2.20. The molecule has 0 saturated carbocycles. The lowest BCUT2D eigenvalue weighted by molar-refractivity contribution is -0.137. The van der Waals surface area contributed by atoms with Gasteiger partial charge in [-0.2, -0.15) is 0 Å². The highest BCUT2D eigenvalue weighted by atomic mass is 16.5. The van der Waals surface area contributed by atoms with Crippen LogP contribution in [0.4, 0.5) is 0 Å². The summed E-state index contributed by atoms with van der Waals surface area (Å²) < 4.78 is 5.77. The number of carbonyl (C=O) groups is 1. The van der Waals surface area contributed by atoms with Gasteiger partial charge >= 0.3 is 0 Å². The molecule has 0 bridgehead atoms. The van der Waals surface area contributed by atoms with Crippen molar-refractivity contribution in [2.45, 2.75) is 40.3 Å². The first-order chi connectivity index (χ1) is 9.03. The Morgan fingerprint density at radius 2 is 2.00 bits per heavy atom. The zero-order valence-electron chi connectivity index (χ0n) is 12.3. The zero-order valence-corrected chi connectivity index (χ0v) is 12.3. The number of hydrogen-bond donors (Lipinski definition) is 1. The van der Waals surface area contributed by atoms with Gasteiger partial charge in [0.2, 0.25) is 0 Å². The molecule has 1 atom stereocenters. The minimum atomic E-state index is -0.493. The third kappa shape index (κ3) is 3.96. The van der Waals surface area contributed by atoms with Crippen LogP contribution in [0.2, 0.25) is 0 Å². The Labute approximate surface area is 115 Å². The van der Waals surface area contributed by atoms with Gasteiger partial charge in [0.05, 0.1) is 0 Å². The van der Waals surface area contributed by atoms with Crippen molar-refractivity contribution < 1.29 is 9.53 Å². The van der Waals surface area contributed by atoms with Crippen molar-refractivity contribution in [3.05, 3.63) is 29.3 Å². The van der Waals surface area contributed by atoms with Crippen molar-refractivity contribution in [3.8, 4) is 5.75 Å².